The molecule has 31 heavy (non-hydrogen) atoms. The van der Waals surface area contributed by atoms with Crippen LogP contribution in [0.15, 0.2) is 59.5 Å². The van der Waals surface area contributed by atoms with Crippen LogP contribution in [0.4, 0.5) is 5.69 Å². The molecular weight excluding hydrogens is 410 g/mol. The normalized spacial score (nSPS) is 15.7. The zero-order valence-electron chi connectivity index (χ0n) is 18.9. The van der Waals surface area contributed by atoms with Gasteiger partial charge >= 0.3 is 0 Å². The molecule has 2 aromatic carbocycles. The number of anilines is 1. The van der Waals surface area contributed by atoms with Crippen LogP contribution in [0.25, 0.3) is 0 Å². The van der Waals surface area contributed by atoms with Crippen molar-refractivity contribution in [3.8, 4) is 0 Å². The SMILES string of the molecule is CN(c1ccccc1)S(=O)(=O)c1ccc(C(=O)N2CCN(CCC(C)(C)C)CC2)cc1. The second kappa shape index (κ2) is 9.40. The molecule has 0 atom stereocenters. The summed E-state index contributed by atoms with van der Waals surface area (Å²) < 4.78 is 27.1. The second-order valence-electron chi connectivity index (χ2n) is 9.28. The molecule has 2 aromatic rings. The highest BCUT2D eigenvalue weighted by molar-refractivity contribution is 7.92. The van der Waals surface area contributed by atoms with Crippen molar-refractivity contribution in [2.45, 2.75) is 32.1 Å². The van der Waals surface area contributed by atoms with Gasteiger partial charge in [0.05, 0.1) is 10.6 Å². The van der Waals surface area contributed by atoms with Gasteiger partial charge in [-0.3, -0.25) is 14.0 Å². The number of benzene rings is 2. The molecule has 1 aliphatic rings. The Morgan fingerprint density at radius 3 is 2.06 bits per heavy atom. The Labute approximate surface area is 186 Å². The van der Waals surface area contributed by atoms with Crippen LogP contribution in [0.2, 0.25) is 0 Å². The largest absolute Gasteiger partial charge is 0.336 e. The summed E-state index contributed by atoms with van der Waals surface area (Å²) in [6.45, 7) is 10.9. The molecule has 6 nitrogen and oxygen atoms in total. The lowest BCUT2D eigenvalue weighted by Crippen LogP contribution is -2.49. The van der Waals surface area contributed by atoms with E-state index in [-0.39, 0.29) is 10.8 Å². The van der Waals surface area contributed by atoms with Crippen LogP contribution in [-0.2, 0) is 10.0 Å². The summed E-state index contributed by atoms with van der Waals surface area (Å²) in [7, 11) is -2.15. The third kappa shape index (κ3) is 5.86. The van der Waals surface area contributed by atoms with Crippen molar-refractivity contribution in [1.82, 2.24) is 9.80 Å². The molecule has 0 aromatic heterocycles. The molecule has 3 rings (SSSR count). The number of piperazine rings is 1. The predicted molar refractivity (Wildman–Crippen MR) is 125 cm³/mol. The highest BCUT2D eigenvalue weighted by atomic mass is 32.2. The fourth-order valence-electron chi connectivity index (χ4n) is 3.55. The van der Waals surface area contributed by atoms with Gasteiger partial charge in [-0.25, -0.2) is 8.42 Å². The first-order chi connectivity index (χ1) is 14.6. The summed E-state index contributed by atoms with van der Waals surface area (Å²) in [5, 5.41) is 0. The summed E-state index contributed by atoms with van der Waals surface area (Å²) in [5.41, 5.74) is 1.42. The van der Waals surface area contributed by atoms with Crippen molar-refractivity contribution in [2.24, 2.45) is 5.41 Å². The molecule has 0 spiro atoms. The van der Waals surface area contributed by atoms with Gasteiger partial charge in [0.1, 0.15) is 0 Å². The zero-order valence-corrected chi connectivity index (χ0v) is 19.7. The number of rotatable bonds is 6. The van der Waals surface area contributed by atoms with Crippen molar-refractivity contribution in [3.63, 3.8) is 0 Å². The summed E-state index contributed by atoms with van der Waals surface area (Å²) in [5.74, 6) is -0.0455. The first kappa shape index (κ1) is 23.3. The van der Waals surface area contributed by atoms with Gasteiger partial charge in [0, 0.05) is 38.8 Å². The molecule has 1 saturated heterocycles. The minimum atomic E-state index is -3.68. The van der Waals surface area contributed by atoms with Crippen molar-refractivity contribution in [3.05, 3.63) is 60.2 Å². The fraction of sp³-hybridized carbons (Fsp3) is 0.458. The van der Waals surface area contributed by atoms with E-state index in [1.54, 1.807) is 36.4 Å². The molecular formula is C24H33N3O3S. The van der Waals surface area contributed by atoms with Crippen LogP contribution >= 0.6 is 0 Å². The minimum absolute atomic E-state index is 0.0455. The monoisotopic (exact) mass is 443 g/mol. The Morgan fingerprint density at radius 2 is 1.52 bits per heavy atom. The Bertz CT molecular complexity index is 975. The molecule has 7 heteroatoms. The molecule has 0 aliphatic carbocycles. The van der Waals surface area contributed by atoms with Crippen LogP contribution < -0.4 is 4.31 Å². The van der Waals surface area contributed by atoms with E-state index in [1.807, 2.05) is 11.0 Å². The first-order valence-electron chi connectivity index (χ1n) is 10.7. The highest BCUT2D eigenvalue weighted by Gasteiger charge is 2.25. The van der Waals surface area contributed by atoms with Crippen molar-refractivity contribution in [2.75, 3.05) is 44.1 Å². The topological polar surface area (TPSA) is 60.9 Å². The third-order valence-corrected chi connectivity index (χ3v) is 7.52. The van der Waals surface area contributed by atoms with Gasteiger partial charge < -0.3 is 4.90 Å². The van der Waals surface area contributed by atoms with Crippen LogP contribution in [0.5, 0.6) is 0 Å². The van der Waals surface area contributed by atoms with E-state index in [0.29, 0.717) is 29.8 Å². The standard InChI is InChI=1S/C24H33N3O3S/c1-24(2,3)14-15-26-16-18-27(19-17-26)23(28)20-10-12-22(13-11-20)31(29,30)25(4)21-8-6-5-7-9-21/h5-13H,14-19H2,1-4H3. The maximum absolute atomic E-state index is 12.9. The van der Waals surface area contributed by atoms with Crippen LogP contribution in [-0.4, -0.2) is 63.9 Å². The lowest BCUT2D eigenvalue weighted by atomic mass is 9.92. The zero-order chi connectivity index (χ0) is 22.6. The average Bonchev–Trinajstić information content (AvgIpc) is 2.77. The maximum atomic E-state index is 12.9. The second-order valence-corrected chi connectivity index (χ2v) is 11.2. The van der Waals surface area contributed by atoms with E-state index in [2.05, 4.69) is 25.7 Å². The maximum Gasteiger partial charge on any atom is 0.264 e. The Kier molecular flexibility index (Phi) is 7.06. The number of hydrogen-bond donors (Lipinski definition) is 0. The van der Waals surface area contributed by atoms with Crippen molar-refractivity contribution in [1.29, 1.82) is 0 Å². The van der Waals surface area contributed by atoms with Gasteiger partial charge in [0.15, 0.2) is 0 Å². The average molecular weight is 444 g/mol. The molecule has 1 amide bonds. The Hall–Kier alpha value is -2.38. The summed E-state index contributed by atoms with van der Waals surface area (Å²) in [6, 6.07) is 15.2. The number of sulfonamides is 1. The molecule has 0 saturated carbocycles. The molecule has 1 heterocycles. The quantitative estimate of drug-likeness (QED) is 0.683. The van der Waals surface area contributed by atoms with Crippen LogP contribution in [0, 0.1) is 5.41 Å². The molecule has 0 bridgehead atoms. The predicted octanol–water partition coefficient (Wildman–Crippen LogP) is 3.71. The van der Waals surface area contributed by atoms with Gasteiger partial charge in [-0.15, -0.1) is 0 Å². The van der Waals surface area contributed by atoms with Crippen molar-refractivity contribution < 1.29 is 13.2 Å². The van der Waals surface area contributed by atoms with Crippen LogP contribution in [0.3, 0.4) is 0 Å². The van der Waals surface area contributed by atoms with E-state index in [4.69, 9.17) is 0 Å². The van der Waals surface area contributed by atoms with Gasteiger partial charge in [-0.2, -0.15) is 0 Å². The lowest BCUT2D eigenvalue weighted by Gasteiger charge is -2.36. The summed E-state index contributed by atoms with van der Waals surface area (Å²) in [6.07, 6.45) is 1.13. The van der Waals surface area contributed by atoms with E-state index >= 15 is 0 Å². The molecule has 1 fully saturated rings. The molecule has 1 aliphatic heterocycles. The fourth-order valence-corrected chi connectivity index (χ4v) is 4.75. The van der Waals surface area contributed by atoms with Crippen molar-refractivity contribution >= 4 is 21.6 Å². The van der Waals surface area contributed by atoms with E-state index < -0.39 is 10.0 Å². The van der Waals surface area contributed by atoms with Crippen LogP contribution in [0.1, 0.15) is 37.6 Å². The number of amides is 1. The van der Waals surface area contributed by atoms with E-state index in [0.717, 1.165) is 26.1 Å². The number of hydrogen-bond acceptors (Lipinski definition) is 4. The summed E-state index contributed by atoms with van der Waals surface area (Å²) in [4.78, 5) is 17.3. The van der Waals surface area contributed by atoms with Gasteiger partial charge in [-0.1, -0.05) is 39.0 Å². The molecule has 0 radical (unpaired) electrons. The number of nitrogens with zero attached hydrogens (tertiary/aromatic N) is 3. The highest BCUT2D eigenvalue weighted by Crippen LogP contribution is 2.23. The first-order valence-corrected chi connectivity index (χ1v) is 12.2. The van der Waals surface area contributed by atoms with Gasteiger partial charge in [-0.05, 0) is 54.8 Å². The number of para-hydroxylation sites is 1. The Balaban J connectivity index is 1.62. The summed E-state index contributed by atoms with van der Waals surface area (Å²) >= 11 is 0. The lowest BCUT2D eigenvalue weighted by molar-refractivity contribution is 0.0623. The molecule has 0 N–H and O–H groups in total. The Morgan fingerprint density at radius 1 is 0.935 bits per heavy atom. The van der Waals surface area contributed by atoms with Gasteiger partial charge in [0.2, 0.25) is 0 Å². The van der Waals surface area contributed by atoms with Gasteiger partial charge in [0.25, 0.3) is 15.9 Å². The van der Waals surface area contributed by atoms with E-state index in [9.17, 15) is 13.2 Å². The number of carbonyl (C=O) groups is 1. The minimum Gasteiger partial charge on any atom is -0.336 e. The molecule has 0 unspecified atom stereocenters. The smallest absolute Gasteiger partial charge is 0.264 e. The van der Waals surface area contributed by atoms with E-state index in [1.165, 1.54) is 23.5 Å². The molecule has 168 valence electrons. The third-order valence-electron chi connectivity index (χ3n) is 5.72. The number of carbonyl (C=O) groups excluding carboxylic acids is 1.